The van der Waals surface area contributed by atoms with Gasteiger partial charge < -0.3 is 14.2 Å². The van der Waals surface area contributed by atoms with Crippen LogP contribution in [0.25, 0.3) is 11.3 Å². The highest BCUT2D eigenvalue weighted by Gasteiger charge is 2.14. The van der Waals surface area contributed by atoms with Crippen LogP contribution in [0.15, 0.2) is 39.7 Å². The number of ether oxygens (including phenoxy) is 3. The molecule has 1 aromatic heterocycles. The molecule has 0 saturated carbocycles. The van der Waals surface area contributed by atoms with Crippen LogP contribution >= 0.6 is 11.3 Å². The Labute approximate surface area is 187 Å². The summed E-state index contributed by atoms with van der Waals surface area (Å²) in [6.07, 6.45) is 1.75. The quantitative estimate of drug-likeness (QED) is 0.489. The predicted molar refractivity (Wildman–Crippen MR) is 127 cm³/mol. The van der Waals surface area contributed by atoms with Crippen molar-refractivity contribution in [1.82, 2.24) is 4.68 Å². The van der Waals surface area contributed by atoms with Gasteiger partial charge >= 0.3 is 0 Å². The molecule has 6 nitrogen and oxygen atoms in total. The maximum absolute atomic E-state index is 5.56. The fraction of sp³-hybridized carbons (Fsp3) is 0.333. The van der Waals surface area contributed by atoms with Gasteiger partial charge in [0, 0.05) is 29.6 Å². The summed E-state index contributed by atoms with van der Waals surface area (Å²) < 4.78 is 18.3. The van der Waals surface area contributed by atoms with Gasteiger partial charge in [0.15, 0.2) is 0 Å². The molecule has 7 heteroatoms. The SMILES string of the molecule is CCN=c1scc(-c2cc(C)c(C)cc2C)n1N=Cc1c(OC)cc(OC)cc1OC. The zero-order chi connectivity index (χ0) is 22.5. The molecule has 2 aromatic carbocycles. The molecule has 0 atom stereocenters. The van der Waals surface area contributed by atoms with Gasteiger partial charge in [-0.05, 0) is 50.5 Å². The summed E-state index contributed by atoms with van der Waals surface area (Å²) in [5, 5.41) is 6.91. The van der Waals surface area contributed by atoms with Crippen molar-refractivity contribution in [2.45, 2.75) is 27.7 Å². The van der Waals surface area contributed by atoms with Crippen molar-refractivity contribution in [2.24, 2.45) is 10.1 Å². The van der Waals surface area contributed by atoms with E-state index in [4.69, 9.17) is 19.3 Å². The first-order valence-electron chi connectivity index (χ1n) is 10.1. The van der Waals surface area contributed by atoms with Crippen molar-refractivity contribution in [3.8, 4) is 28.5 Å². The van der Waals surface area contributed by atoms with E-state index in [1.54, 1.807) is 38.9 Å². The summed E-state index contributed by atoms with van der Waals surface area (Å²) in [5.41, 5.74) is 6.60. The maximum Gasteiger partial charge on any atom is 0.206 e. The number of thiazole rings is 1. The van der Waals surface area contributed by atoms with Crippen LogP contribution < -0.4 is 19.0 Å². The zero-order valence-electron chi connectivity index (χ0n) is 19.1. The Kier molecular flexibility index (Phi) is 7.17. The first kappa shape index (κ1) is 22.6. The molecule has 0 fully saturated rings. The van der Waals surface area contributed by atoms with Crippen LogP contribution in [0.3, 0.4) is 0 Å². The Bertz CT molecular complexity index is 1150. The molecule has 0 N–H and O–H groups in total. The van der Waals surface area contributed by atoms with Gasteiger partial charge in [0.25, 0.3) is 0 Å². The Hall–Kier alpha value is -3.06. The molecule has 0 aliphatic rings. The molecule has 0 spiro atoms. The molecule has 3 aromatic rings. The average molecular weight is 440 g/mol. The van der Waals surface area contributed by atoms with Crippen molar-refractivity contribution in [2.75, 3.05) is 27.9 Å². The molecule has 0 saturated heterocycles. The fourth-order valence-electron chi connectivity index (χ4n) is 3.35. The van der Waals surface area contributed by atoms with E-state index in [1.807, 2.05) is 23.7 Å². The minimum atomic E-state index is 0.619. The molecule has 1 heterocycles. The average Bonchev–Trinajstić information content (AvgIpc) is 3.16. The molecule has 0 radical (unpaired) electrons. The van der Waals surface area contributed by atoms with E-state index >= 15 is 0 Å². The van der Waals surface area contributed by atoms with Gasteiger partial charge in [-0.3, -0.25) is 4.99 Å². The van der Waals surface area contributed by atoms with Gasteiger partial charge in [0.1, 0.15) is 17.2 Å². The molecular formula is C24H29N3O3S. The highest BCUT2D eigenvalue weighted by atomic mass is 32.1. The monoisotopic (exact) mass is 439 g/mol. The summed E-state index contributed by atoms with van der Waals surface area (Å²) >= 11 is 1.58. The van der Waals surface area contributed by atoms with E-state index < -0.39 is 0 Å². The smallest absolute Gasteiger partial charge is 0.206 e. The highest BCUT2D eigenvalue weighted by molar-refractivity contribution is 7.07. The second-order valence-electron chi connectivity index (χ2n) is 7.13. The lowest BCUT2D eigenvalue weighted by atomic mass is 9.99. The third-order valence-corrected chi connectivity index (χ3v) is 6.00. The van der Waals surface area contributed by atoms with Crippen LogP contribution in [-0.2, 0) is 0 Å². The summed E-state index contributed by atoms with van der Waals surface area (Å²) in [7, 11) is 4.84. The van der Waals surface area contributed by atoms with E-state index in [0.29, 0.717) is 23.8 Å². The zero-order valence-corrected chi connectivity index (χ0v) is 20.0. The first-order chi connectivity index (χ1) is 14.9. The number of benzene rings is 2. The lowest BCUT2D eigenvalue weighted by Gasteiger charge is -2.13. The first-order valence-corrected chi connectivity index (χ1v) is 10.9. The minimum Gasteiger partial charge on any atom is -0.496 e. The Balaban J connectivity index is 2.19. The number of methoxy groups -OCH3 is 3. The van der Waals surface area contributed by atoms with Crippen molar-refractivity contribution >= 4 is 17.6 Å². The normalized spacial score (nSPS) is 11.9. The van der Waals surface area contributed by atoms with Gasteiger partial charge in [-0.1, -0.05) is 6.07 Å². The van der Waals surface area contributed by atoms with Crippen LogP contribution in [0.1, 0.15) is 29.2 Å². The Morgan fingerprint density at radius 1 is 0.903 bits per heavy atom. The van der Waals surface area contributed by atoms with Crippen molar-refractivity contribution in [1.29, 1.82) is 0 Å². The number of aryl methyl sites for hydroxylation is 3. The largest absolute Gasteiger partial charge is 0.496 e. The Morgan fingerprint density at radius 2 is 1.55 bits per heavy atom. The minimum absolute atomic E-state index is 0.619. The molecule has 0 aliphatic heterocycles. The molecular weight excluding hydrogens is 410 g/mol. The van der Waals surface area contributed by atoms with Crippen molar-refractivity contribution in [3.05, 3.63) is 56.7 Å². The highest BCUT2D eigenvalue weighted by Crippen LogP contribution is 2.33. The van der Waals surface area contributed by atoms with E-state index in [2.05, 4.69) is 43.3 Å². The lowest BCUT2D eigenvalue weighted by molar-refractivity contribution is 0.374. The number of hydrogen-bond donors (Lipinski definition) is 0. The molecule has 0 bridgehead atoms. The summed E-state index contributed by atoms with van der Waals surface area (Å²) in [4.78, 5) is 5.46. The second-order valence-corrected chi connectivity index (χ2v) is 7.97. The topological polar surface area (TPSA) is 57.3 Å². The number of aromatic nitrogens is 1. The Morgan fingerprint density at radius 3 is 2.13 bits per heavy atom. The summed E-state index contributed by atoms with van der Waals surface area (Å²) in [6, 6.07) is 8.05. The molecule has 0 aliphatic carbocycles. The van der Waals surface area contributed by atoms with Crippen LogP contribution in [0.4, 0.5) is 0 Å². The fourth-order valence-corrected chi connectivity index (χ4v) is 4.24. The molecule has 164 valence electrons. The van der Waals surface area contributed by atoms with Crippen molar-refractivity contribution in [3.63, 3.8) is 0 Å². The number of hydrogen-bond acceptors (Lipinski definition) is 6. The number of rotatable bonds is 7. The third kappa shape index (κ3) is 4.66. The maximum atomic E-state index is 5.56. The van der Waals surface area contributed by atoms with Gasteiger partial charge in [0.2, 0.25) is 4.80 Å². The summed E-state index contributed by atoms with van der Waals surface area (Å²) in [6.45, 7) is 9.08. The van der Waals surface area contributed by atoms with Crippen molar-refractivity contribution < 1.29 is 14.2 Å². The van der Waals surface area contributed by atoms with E-state index in [-0.39, 0.29) is 0 Å². The molecule has 0 amide bonds. The molecule has 3 rings (SSSR count). The predicted octanol–water partition coefficient (Wildman–Crippen LogP) is 4.97. The molecule has 0 unspecified atom stereocenters. The van der Waals surface area contributed by atoms with Crippen LogP contribution in [-0.4, -0.2) is 38.8 Å². The third-order valence-electron chi connectivity index (χ3n) is 5.15. The van der Waals surface area contributed by atoms with Crippen LogP contribution in [0.5, 0.6) is 17.2 Å². The van der Waals surface area contributed by atoms with E-state index in [1.165, 1.54) is 16.7 Å². The van der Waals surface area contributed by atoms with Crippen LogP contribution in [0.2, 0.25) is 0 Å². The van der Waals surface area contributed by atoms with Gasteiger partial charge in [-0.2, -0.15) is 5.10 Å². The molecule has 31 heavy (non-hydrogen) atoms. The summed E-state index contributed by atoms with van der Waals surface area (Å²) in [5.74, 6) is 1.89. The van der Waals surface area contributed by atoms with Gasteiger partial charge in [-0.25, -0.2) is 4.68 Å². The standard InChI is InChI=1S/C24H29N3O3S/c1-8-25-24-27(21(14-31-24)19-10-16(3)15(2)9-17(19)4)26-13-20-22(29-6)11-18(28-5)12-23(20)30-7/h9-14H,8H2,1-7H3. The van der Waals surface area contributed by atoms with E-state index in [0.717, 1.165) is 21.6 Å². The van der Waals surface area contributed by atoms with Crippen LogP contribution in [0, 0.1) is 20.8 Å². The lowest BCUT2D eigenvalue weighted by Crippen LogP contribution is -2.13. The van der Waals surface area contributed by atoms with Gasteiger partial charge in [-0.15, -0.1) is 11.3 Å². The number of nitrogens with zero attached hydrogens (tertiary/aromatic N) is 3. The van der Waals surface area contributed by atoms with Gasteiger partial charge in [0.05, 0.1) is 38.8 Å². The second kappa shape index (κ2) is 9.83. The van der Waals surface area contributed by atoms with E-state index in [9.17, 15) is 0 Å².